The topological polar surface area (TPSA) is 70.5 Å². The average molecular weight is 262 g/mol. The third-order valence-corrected chi connectivity index (χ3v) is 3.52. The average Bonchev–Trinajstić information content (AvgIpc) is 2.83. The Morgan fingerprint density at radius 1 is 1.47 bits per heavy atom. The van der Waals surface area contributed by atoms with Gasteiger partial charge in [-0.3, -0.25) is 19.5 Å². The van der Waals surface area contributed by atoms with Crippen LogP contribution in [0.1, 0.15) is 36.0 Å². The van der Waals surface area contributed by atoms with E-state index < -0.39 is 5.97 Å². The lowest BCUT2D eigenvalue weighted by Gasteiger charge is -2.22. The van der Waals surface area contributed by atoms with E-state index in [2.05, 4.69) is 9.88 Å². The lowest BCUT2D eigenvalue weighted by molar-refractivity contribution is -0.138. The van der Waals surface area contributed by atoms with Crippen LogP contribution in [-0.2, 0) is 4.79 Å². The molecule has 1 atom stereocenters. The van der Waals surface area contributed by atoms with Crippen molar-refractivity contribution in [2.24, 2.45) is 0 Å². The number of ketones is 1. The summed E-state index contributed by atoms with van der Waals surface area (Å²) in [7, 11) is 0. The number of carbonyl (C=O) groups excluding carboxylic acids is 1. The summed E-state index contributed by atoms with van der Waals surface area (Å²) in [5, 5.41) is 8.85. The van der Waals surface area contributed by atoms with Gasteiger partial charge >= 0.3 is 5.97 Å². The fraction of sp³-hybridized carbons (Fsp3) is 0.500. The maximum Gasteiger partial charge on any atom is 0.304 e. The van der Waals surface area contributed by atoms with E-state index in [0.29, 0.717) is 18.5 Å². The zero-order valence-electron chi connectivity index (χ0n) is 10.8. The minimum atomic E-state index is -0.768. The highest BCUT2D eigenvalue weighted by Crippen LogP contribution is 2.20. The van der Waals surface area contributed by atoms with Crippen molar-refractivity contribution in [2.45, 2.75) is 31.7 Å². The quantitative estimate of drug-likeness (QED) is 0.788. The van der Waals surface area contributed by atoms with Crippen molar-refractivity contribution in [1.82, 2.24) is 9.88 Å². The highest BCUT2D eigenvalue weighted by Gasteiger charge is 2.26. The van der Waals surface area contributed by atoms with E-state index in [1.165, 1.54) is 0 Å². The normalized spacial score (nSPS) is 19.5. The van der Waals surface area contributed by atoms with Gasteiger partial charge in [-0.25, -0.2) is 0 Å². The van der Waals surface area contributed by atoms with Gasteiger partial charge in [-0.1, -0.05) is 0 Å². The Hall–Kier alpha value is -1.75. The van der Waals surface area contributed by atoms with E-state index in [4.69, 9.17) is 5.11 Å². The van der Waals surface area contributed by atoms with Crippen LogP contribution >= 0.6 is 0 Å². The van der Waals surface area contributed by atoms with E-state index in [0.717, 1.165) is 19.4 Å². The number of carboxylic acids is 1. The summed E-state index contributed by atoms with van der Waals surface area (Å²) >= 11 is 0. The summed E-state index contributed by atoms with van der Waals surface area (Å²) in [5.74, 6) is -0.704. The second kappa shape index (κ2) is 6.43. The molecule has 1 aliphatic heterocycles. The van der Waals surface area contributed by atoms with E-state index in [1.807, 2.05) is 0 Å². The number of rotatable bonds is 6. The summed E-state index contributed by atoms with van der Waals surface area (Å²) in [6.45, 7) is 1.52. The van der Waals surface area contributed by atoms with Crippen LogP contribution in [0.5, 0.6) is 0 Å². The lowest BCUT2D eigenvalue weighted by atomic mass is 10.1. The van der Waals surface area contributed by atoms with E-state index >= 15 is 0 Å². The number of pyridine rings is 1. The maximum absolute atomic E-state index is 11.9. The molecule has 1 unspecified atom stereocenters. The van der Waals surface area contributed by atoms with Gasteiger partial charge < -0.3 is 5.11 Å². The monoisotopic (exact) mass is 262 g/mol. The molecule has 0 aliphatic carbocycles. The van der Waals surface area contributed by atoms with E-state index in [1.54, 1.807) is 24.5 Å². The molecule has 2 heterocycles. The van der Waals surface area contributed by atoms with Gasteiger partial charge in [0.2, 0.25) is 0 Å². The Labute approximate surface area is 112 Å². The van der Waals surface area contributed by atoms with Crippen LogP contribution in [0.25, 0.3) is 0 Å². The van der Waals surface area contributed by atoms with Gasteiger partial charge in [-0.05, 0) is 31.5 Å². The Kier molecular flexibility index (Phi) is 4.63. The number of aliphatic carboxylic acids is 1. The van der Waals surface area contributed by atoms with Crippen molar-refractivity contribution in [3.8, 4) is 0 Å². The first-order chi connectivity index (χ1) is 9.16. The molecule has 5 heteroatoms. The predicted molar refractivity (Wildman–Crippen MR) is 70.0 cm³/mol. The molecule has 5 nitrogen and oxygen atoms in total. The Bertz CT molecular complexity index is 447. The Morgan fingerprint density at radius 2 is 2.32 bits per heavy atom. The van der Waals surface area contributed by atoms with E-state index in [-0.39, 0.29) is 18.2 Å². The van der Waals surface area contributed by atoms with Crippen molar-refractivity contribution < 1.29 is 14.7 Å². The van der Waals surface area contributed by atoms with Gasteiger partial charge in [-0.2, -0.15) is 0 Å². The molecule has 102 valence electrons. The number of carbonyl (C=O) groups is 2. The molecule has 0 amide bonds. The standard InChI is InChI=1S/C14H18N2O3/c17-13(11-3-1-6-15-10-11)5-8-16-7-2-4-12(16)9-14(18)19/h1,3,6,10,12H,2,4-5,7-9H2,(H,18,19). The summed E-state index contributed by atoms with van der Waals surface area (Å²) in [4.78, 5) is 28.7. The molecule has 1 fully saturated rings. The number of carboxylic acid groups (broad SMARTS) is 1. The largest absolute Gasteiger partial charge is 0.481 e. The zero-order chi connectivity index (χ0) is 13.7. The van der Waals surface area contributed by atoms with Gasteiger partial charge in [0.25, 0.3) is 0 Å². The first-order valence-corrected chi connectivity index (χ1v) is 6.56. The number of hydrogen-bond acceptors (Lipinski definition) is 4. The number of nitrogens with zero attached hydrogens (tertiary/aromatic N) is 2. The van der Waals surface area contributed by atoms with Crippen LogP contribution < -0.4 is 0 Å². The summed E-state index contributed by atoms with van der Waals surface area (Å²) in [5.41, 5.74) is 0.622. The summed E-state index contributed by atoms with van der Waals surface area (Å²) in [6, 6.07) is 3.59. The Morgan fingerprint density at radius 3 is 3.00 bits per heavy atom. The fourth-order valence-corrected chi connectivity index (χ4v) is 2.54. The third kappa shape index (κ3) is 3.86. The van der Waals surface area contributed by atoms with Crippen LogP contribution in [0.3, 0.4) is 0 Å². The van der Waals surface area contributed by atoms with Crippen molar-refractivity contribution in [1.29, 1.82) is 0 Å². The predicted octanol–water partition coefficient (Wildman–Crippen LogP) is 1.59. The smallest absolute Gasteiger partial charge is 0.304 e. The zero-order valence-corrected chi connectivity index (χ0v) is 10.8. The van der Waals surface area contributed by atoms with Crippen molar-refractivity contribution in [3.63, 3.8) is 0 Å². The first-order valence-electron chi connectivity index (χ1n) is 6.56. The molecular weight excluding hydrogens is 244 g/mol. The minimum absolute atomic E-state index is 0.0640. The molecule has 2 rings (SSSR count). The molecule has 1 aromatic rings. The summed E-state index contributed by atoms with van der Waals surface area (Å²) < 4.78 is 0. The summed E-state index contributed by atoms with van der Waals surface area (Å²) in [6.07, 6.45) is 5.72. The van der Waals surface area contributed by atoms with Crippen molar-refractivity contribution in [3.05, 3.63) is 30.1 Å². The number of Topliss-reactive ketones (excluding diaryl/α,β-unsaturated/α-hetero) is 1. The molecule has 0 radical (unpaired) electrons. The van der Waals surface area contributed by atoms with Crippen LogP contribution in [0.4, 0.5) is 0 Å². The molecule has 0 bridgehead atoms. The SMILES string of the molecule is O=C(O)CC1CCCN1CCC(=O)c1cccnc1. The lowest BCUT2D eigenvalue weighted by Crippen LogP contribution is -2.33. The molecule has 1 aliphatic rings. The first kappa shape index (κ1) is 13.7. The van der Waals surface area contributed by atoms with Gasteiger partial charge in [0.05, 0.1) is 6.42 Å². The molecule has 19 heavy (non-hydrogen) atoms. The third-order valence-electron chi connectivity index (χ3n) is 3.52. The van der Waals surface area contributed by atoms with Crippen molar-refractivity contribution >= 4 is 11.8 Å². The fourth-order valence-electron chi connectivity index (χ4n) is 2.54. The van der Waals surface area contributed by atoms with Crippen LogP contribution in [0.2, 0.25) is 0 Å². The highest BCUT2D eigenvalue weighted by molar-refractivity contribution is 5.95. The Balaban J connectivity index is 1.85. The number of aromatic nitrogens is 1. The van der Waals surface area contributed by atoms with Crippen molar-refractivity contribution in [2.75, 3.05) is 13.1 Å². The van der Waals surface area contributed by atoms with Gasteiger partial charge in [0, 0.05) is 37.0 Å². The maximum atomic E-state index is 11.9. The second-order valence-corrected chi connectivity index (χ2v) is 4.84. The van der Waals surface area contributed by atoms with Crippen LogP contribution in [-0.4, -0.2) is 45.9 Å². The number of likely N-dealkylation sites (tertiary alicyclic amines) is 1. The highest BCUT2D eigenvalue weighted by atomic mass is 16.4. The molecule has 0 aromatic carbocycles. The second-order valence-electron chi connectivity index (χ2n) is 4.84. The van der Waals surface area contributed by atoms with Crippen LogP contribution in [0.15, 0.2) is 24.5 Å². The van der Waals surface area contributed by atoms with Crippen LogP contribution in [0, 0.1) is 0 Å². The molecule has 0 spiro atoms. The number of hydrogen-bond donors (Lipinski definition) is 1. The molecule has 0 saturated carbocycles. The van der Waals surface area contributed by atoms with Gasteiger partial charge in [-0.15, -0.1) is 0 Å². The molecular formula is C14H18N2O3. The van der Waals surface area contributed by atoms with Gasteiger partial charge in [0.1, 0.15) is 0 Å². The van der Waals surface area contributed by atoms with Gasteiger partial charge in [0.15, 0.2) is 5.78 Å². The molecule has 1 aromatic heterocycles. The molecule has 1 saturated heterocycles. The molecule has 1 N–H and O–H groups in total. The van der Waals surface area contributed by atoms with E-state index in [9.17, 15) is 9.59 Å². The minimum Gasteiger partial charge on any atom is -0.481 e.